The van der Waals surface area contributed by atoms with Crippen molar-refractivity contribution in [3.05, 3.63) is 41.6 Å². The summed E-state index contributed by atoms with van der Waals surface area (Å²) in [6.07, 6.45) is 5.07. The zero-order valence-electron chi connectivity index (χ0n) is 16.8. The molecule has 2 heterocycles. The van der Waals surface area contributed by atoms with E-state index < -0.39 is 0 Å². The Morgan fingerprint density at radius 1 is 1.18 bits per heavy atom. The van der Waals surface area contributed by atoms with Gasteiger partial charge in [0.25, 0.3) is 0 Å². The number of nitrogens with zero attached hydrogens (tertiary/aromatic N) is 4. The molecule has 2 aliphatic rings. The van der Waals surface area contributed by atoms with Gasteiger partial charge in [-0.2, -0.15) is 4.98 Å². The Morgan fingerprint density at radius 2 is 1.93 bits per heavy atom. The maximum atomic E-state index is 9.70. The highest BCUT2D eigenvalue weighted by molar-refractivity contribution is 5.61. The molecule has 1 atom stereocenters. The summed E-state index contributed by atoms with van der Waals surface area (Å²) in [5.74, 6) is 1.54. The summed E-state index contributed by atoms with van der Waals surface area (Å²) in [5, 5.41) is 13.1. The number of nitrogens with one attached hydrogen (secondary N) is 1. The normalized spacial score (nSPS) is 24.8. The molecule has 0 radical (unpaired) electrons. The molecule has 1 aliphatic heterocycles. The molecule has 0 amide bonds. The zero-order chi connectivity index (χ0) is 19.7. The van der Waals surface area contributed by atoms with Crippen molar-refractivity contribution in [2.24, 2.45) is 0 Å². The van der Waals surface area contributed by atoms with Crippen LogP contribution in [0.3, 0.4) is 0 Å². The minimum Gasteiger partial charge on any atom is -0.393 e. The average molecular weight is 383 g/mol. The number of aliphatic hydroxyl groups is 1. The van der Waals surface area contributed by atoms with Crippen LogP contribution in [0.1, 0.15) is 36.8 Å². The Morgan fingerprint density at radius 3 is 2.64 bits per heavy atom. The number of hydrogen-bond donors (Lipinski definition) is 2. The Balaban J connectivity index is 1.58. The van der Waals surface area contributed by atoms with Crippen LogP contribution in [0.25, 0.3) is 0 Å². The first-order valence-corrected chi connectivity index (χ1v) is 9.95. The number of anilines is 3. The summed E-state index contributed by atoms with van der Waals surface area (Å²) >= 11 is 0. The molecule has 1 aliphatic carbocycles. The van der Waals surface area contributed by atoms with Crippen molar-refractivity contribution >= 4 is 17.5 Å². The van der Waals surface area contributed by atoms with Gasteiger partial charge in [-0.25, -0.2) is 4.98 Å². The number of methoxy groups -OCH3 is 1. The molecule has 2 aromatic rings. The summed E-state index contributed by atoms with van der Waals surface area (Å²) in [7, 11) is 3.73. The van der Waals surface area contributed by atoms with Crippen molar-refractivity contribution in [2.45, 2.75) is 57.6 Å². The maximum absolute atomic E-state index is 9.70. The third-order valence-corrected chi connectivity index (χ3v) is 5.78. The van der Waals surface area contributed by atoms with Crippen molar-refractivity contribution in [1.82, 2.24) is 9.97 Å². The van der Waals surface area contributed by atoms with Gasteiger partial charge >= 0.3 is 0 Å². The number of aliphatic hydroxyl groups excluding tert-OH is 1. The van der Waals surface area contributed by atoms with Crippen LogP contribution in [0.2, 0.25) is 0 Å². The Bertz CT molecular complexity index is 822. The van der Waals surface area contributed by atoms with E-state index in [1.807, 2.05) is 19.3 Å². The summed E-state index contributed by atoms with van der Waals surface area (Å²) in [5.41, 5.74) is 3.43. The van der Waals surface area contributed by atoms with Crippen LogP contribution in [0.5, 0.6) is 0 Å². The average Bonchev–Trinajstić information content (AvgIpc) is 2.70. The van der Waals surface area contributed by atoms with Crippen molar-refractivity contribution < 1.29 is 9.84 Å². The maximum Gasteiger partial charge on any atom is 0.224 e. The van der Waals surface area contributed by atoms with Crippen molar-refractivity contribution in [3.63, 3.8) is 0 Å². The van der Waals surface area contributed by atoms with E-state index in [0.29, 0.717) is 18.5 Å². The quantitative estimate of drug-likeness (QED) is 0.841. The highest BCUT2D eigenvalue weighted by Gasteiger charge is 2.33. The predicted molar refractivity (Wildman–Crippen MR) is 110 cm³/mol. The smallest absolute Gasteiger partial charge is 0.224 e. The van der Waals surface area contributed by atoms with Crippen LogP contribution in [0.4, 0.5) is 17.5 Å². The van der Waals surface area contributed by atoms with E-state index in [0.717, 1.165) is 42.8 Å². The van der Waals surface area contributed by atoms with E-state index in [-0.39, 0.29) is 12.5 Å². The number of aryl methyl sites for hydroxylation is 1. The molecule has 0 bridgehead atoms. The van der Waals surface area contributed by atoms with Crippen molar-refractivity contribution in [2.75, 3.05) is 29.3 Å². The molecular weight excluding hydrogens is 354 g/mol. The molecule has 1 aromatic heterocycles. The molecule has 1 saturated carbocycles. The van der Waals surface area contributed by atoms with Gasteiger partial charge in [0.1, 0.15) is 5.82 Å². The number of hydrogen-bond acceptors (Lipinski definition) is 7. The Hall–Kier alpha value is -2.38. The molecule has 28 heavy (non-hydrogen) atoms. The minimum absolute atomic E-state index is 0.163. The summed E-state index contributed by atoms with van der Waals surface area (Å²) in [4.78, 5) is 13.6. The molecule has 0 saturated heterocycles. The second kappa shape index (κ2) is 7.93. The van der Waals surface area contributed by atoms with Gasteiger partial charge in [0.2, 0.25) is 12.3 Å². The van der Waals surface area contributed by atoms with Crippen LogP contribution >= 0.6 is 0 Å². The Kier molecular flexibility index (Phi) is 5.37. The summed E-state index contributed by atoms with van der Waals surface area (Å²) in [6.45, 7) is 2.81. The largest absolute Gasteiger partial charge is 0.393 e. The lowest BCUT2D eigenvalue weighted by Crippen LogP contribution is -2.52. The molecule has 4 rings (SSSR count). The van der Waals surface area contributed by atoms with Gasteiger partial charge in [-0.15, -0.1) is 0 Å². The number of ether oxygens (including phenoxy) is 1. The van der Waals surface area contributed by atoms with E-state index in [4.69, 9.17) is 9.72 Å². The van der Waals surface area contributed by atoms with Crippen LogP contribution in [0.15, 0.2) is 30.5 Å². The standard InChI is InChI=1S/C21H29N5O2/c1-14-6-4-5-7-18(14)26-13-15-12-22-20(23-16-8-10-17(27)11-9-16)24-19(15)25(2)21(26)28-3/h4-7,12,16-17,21,27H,8-11,13H2,1-3H3,(H,22,23,24). The SMILES string of the molecule is COC1N(C)c2nc(NC3CCC(O)CC3)ncc2CN1c1ccccc1C. The molecule has 150 valence electrons. The van der Waals surface area contributed by atoms with E-state index in [2.05, 4.69) is 45.2 Å². The van der Waals surface area contributed by atoms with E-state index in [1.165, 1.54) is 5.56 Å². The molecule has 1 aromatic carbocycles. The Labute approximate surface area is 166 Å². The second-order valence-corrected chi connectivity index (χ2v) is 7.78. The first kappa shape index (κ1) is 19.0. The lowest BCUT2D eigenvalue weighted by Gasteiger charge is -2.43. The highest BCUT2D eigenvalue weighted by Crippen LogP contribution is 2.34. The second-order valence-electron chi connectivity index (χ2n) is 7.78. The van der Waals surface area contributed by atoms with Gasteiger partial charge in [-0.05, 0) is 44.2 Å². The summed E-state index contributed by atoms with van der Waals surface area (Å²) in [6, 6.07) is 8.65. The highest BCUT2D eigenvalue weighted by atomic mass is 16.5. The predicted octanol–water partition coefficient (Wildman–Crippen LogP) is 2.89. The van der Waals surface area contributed by atoms with Crippen molar-refractivity contribution in [1.29, 1.82) is 0 Å². The number of rotatable bonds is 4. The topological polar surface area (TPSA) is 73.8 Å². The van der Waals surface area contributed by atoms with Crippen LogP contribution in [-0.2, 0) is 11.3 Å². The van der Waals surface area contributed by atoms with Gasteiger partial charge in [0.15, 0.2) is 0 Å². The molecule has 1 fully saturated rings. The van der Waals surface area contributed by atoms with Gasteiger partial charge in [0.05, 0.1) is 12.6 Å². The monoisotopic (exact) mass is 383 g/mol. The molecule has 7 nitrogen and oxygen atoms in total. The minimum atomic E-state index is -0.235. The van der Waals surface area contributed by atoms with E-state index >= 15 is 0 Å². The third-order valence-electron chi connectivity index (χ3n) is 5.78. The first-order chi connectivity index (χ1) is 13.6. The van der Waals surface area contributed by atoms with Crippen LogP contribution < -0.4 is 15.1 Å². The molecule has 2 N–H and O–H groups in total. The lowest BCUT2D eigenvalue weighted by molar-refractivity contribution is 0.0934. The molecule has 7 heteroatoms. The fourth-order valence-corrected chi connectivity index (χ4v) is 4.24. The number of fused-ring (bicyclic) bond motifs is 1. The number of benzene rings is 1. The van der Waals surface area contributed by atoms with Crippen LogP contribution in [0, 0.1) is 6.92 Å². The summed E-state index contributed by atoms with van der Waals surface area (Å²) < 4.78 is 5.83. The van der Waals surface area contributed by atoms with Gasteiger partial charge in [0, 0.05) is 37.6 Å². The first-order valence-electron chi connectivity index (χ1n) is 9.95. The van der Waals surface area contributed by atoms with E-state index in [9.17, 15) is 5.11 Å². The molecule has 0 spiro atoms. The van der Waals surface area contributed by atoms with Crippen LogP contribution in [-0.4, -0.2) is 47.7 Å². The molecule has 1 unspecified atom stereocenters. The zero-order valence-corrected chi connectivity index (χ0v) is 16.8. The van der Waals surface area contributed by atoms with Gasteiger partial charge in [-0.1, -0.05) is 18.2 Å². The third kappa shape index (κ3) is 3.64. The molecular formula is C21H29N5O2. The number of aromatic nitrogens is 2. The fourth-order valence-electron chi connectivity index (χ4n) is 4.24. The van der Waals surface area contributed by atoms with Gasteiger partial charge < -0.3 is 25.0 Å². The van der Waals surface area contributed by atoms with Gasteiger partial charge in [-0.3, -0.25) is 0 Å². The number of para-hydroxylation sites is 1. The van der Waals surface area contributed by atoms with Crippen molar-refractivity contribution in [3.8, 4) is 0 Å². The van der Waals surface area contributed by atoms with E-state index in [1.54, 1.807) is 7.11 Å². The lowest BCUT2D eigenvalue weighted by atomic mass is 9.93. The fraction of sp³-hybridized carbons (Fsp3) is 0.524.